The Balaban J connectivity index is 1.65. The van der Waals surface area contributed by atoms with Crippen LogP contribution in [0.15, 0.2) is 71.9 Å². The van der Waals surface area contributed by atoms with Crippen molar-refractivity contribution in [2.24, 2.45) is 0 Å². The second kappa shape index (κ2) is 7.51. The number of benzene rings is 2. The first-order valence-corrected chi connectivity index (χ1v) is 9.39. The van der Waals surface area contributed by atoms with Crippen molar-refractivity contribution in [3.05, 3.63) is 72.6 Å². The van der Waals surface area contributed by atoms with Crippen molar-refractivity contribution in [2.45, 2.75) is 18.4 Å². The van der Waals surface area contributed by atoms with E-state index in [1.807, 2.05) is 36.5 Å². The van der Waals surface area contributed by atoms with Crippen molar-refractivity contribution in [2.75, 3.05) is 5.32 Å². The van der Waals surface area contributed by atoms with Crippen LogP contribution in [0.1, 0.15) is 12.5 Å². The number of amides is 1. The number of sulfonamides is 1. The summed E-state index contributed by atoms with van der Waals surface area (Å²) >= 11 is 0. The maximum absolute atomic E-state index is 12.4. The minimum atomic E-state index is -3.64. The zero-order valence-corrected chi connectivity index (χ0v) is 14.9. The highest BCUT2D eigenvalue weighted by Crippen LogP contribution is 2.15. The second-order valence-electron chi connectivity index (χ2n) is 5.65. The summed E-state index contributed by atoms with van der Waals surface area (Å²) in [5, 5.41) is 6.74. The van der Waals surface area contributed by atoms with Crippen molar-refractivity contribution in [3.8, 4) is 5.69 Å². The number of aromatic nitrogens is 2. The van der Waals surface area contributed by atoms with Crippen molar-refractivity contribution < 1.29 is 13.2 Å². The number of hydrogen-bond acceptors (Lipinski definition) is 4. The molecule has 0 aliphatic carbocycles. The molecule has 134 valence electrons. The molecule has 0 atom stereocenters. The van der Waals surface area contributed by atoms with E-state index in [1.165, 1.54) is 19.1 Å². The lowest BCUT2D eigenvalue weighted by molar-refractivity contribution is -0.114. The van der Waals surface area contributed by atoms with Gasteiger partial charge in [-0.1, -0.05) is 12.1 Å². The van der Waals surface area contributed by atoms with Gasteiger partial charge in [0.05, 0.1) is 10.6 Å². The average molecular weight is 370 g/mol. The van der Waals surface area contributed by atoms with Crippen LogP contribution in [0.3, 0.4) is 0 Å². The van der Waals surface area contributed by atoms with Crippen molar-refractivity contribution in [3.63, 3.8) is 0 Å². The Labute approximate surface area is 151 Å². The van der Waals surface area contributed by atoms with E-state index in [1.54, 1.807) is 23.0 Å². The fourth-order valence-electron chi connectivity index (χ4n) is 2.37. The first kappa shape index (κ1) is 17.8. The minimum Gasteiger partial charge on any atom is -0.326 e. The van der Waals surface area contributed by atoms with E-state index in [0.29, 0.717) is 5.69 Å². The zero-order valence-electron chi connectivity index (χ0n) is 14.1. The Bertz CT molecular complexity index is 980. The van der Waals surface area contributed by atoms with E-state index in [0.717, 1.165) is 11.3 Å². The summed E-state index contributed by atoms with van der Waals surface area (Å²) in [6.07, 6.45) is 3.53. The monoisotopic (exact) mass is 370 g/mol. The molecule has 0 saturated heterocycles. The first-order valence-electron chi connectivity index (χ1n) is 7.90. The molecule has 0 saturated carbocycles. The van der Waals surface area contributed by atoms with Crippen LogP contribution < -0.4 is 10.0 Å². The Morgan fingerprint density at radius 2 is 1.77 bits per heavy atom. The molecule has 0 bridgehead atoms. The van der Waals surface area contributed by atoms with Gasteiger partial charge in [0.1, 0.15) is 0 Å². The Morgan fingerprint density at radius 1 is 1.08 bits per heavy atom. The highest BCUT2D eigenvalue weighted by molar-refractivity contribution is 7.89. The highest BCUT2D eigenvalue weighted by Gasteiger charge is 2.13. The Kier molecular flexibility index (Phi) is 5.15. The normalized spacial score (nSPS) is 11.3. The molecule has 0 aliphatic rings. The number of carbonyl (C=O) groups excluding carboxylic acids is 1. The molecule has 0 unspecified atom stereocenters. The predicted molar refractivity (Wildman–Crippen MR) is 98.3 cm³/mol. The maximum atomic E-state index is 12.4. The molecule has 0 fully saturated rings. The fraction of sp³-hybridized carbons (Fsp3) is 0.111. The molecule has 26 heavy (non-hydrogen) atoms. The number of nitrogens with zero attached hydrogens (tertiary/aromatic N) is 2. The molecule has 7 nitrogen and oxygen atoms in total. The molecule has 1 heterocycles. The summed E-state index contributed by atoms with van der Waals surface area (Å²) in [6.45, 7) is 1.57. The summed E-state index contributed by atoms with van der Waals surface area (Å²) in [7, 11) is -3.64. The molecule has 0 aliphatic heterocycles. The van der Waals surface area contributed by atoms with Crippen LogP contribution in [0.2, 0.25) is 0 Å². The fourth-order valence-corrected chi connectivity index (χ4v) is 3.39. The zero-order chi connectivity index (χ0) is 18.6. The molecule has 0 radical (unpaired) electrons. The molecule has 0 spiro atoms. The SMILES string of the molecule is CC(=O)Nc1ccc(S(=O)(=O)NCc2ccc(-n3cccn3)cc2)cc1. The molecular weight excluding hydrogens is 352 g/mol. The standard InChI is InChI=1S/C18H18N4O3S/c1-14(23)21-16-5-9-18(10-6-16)26(24,25)20-13-15-3-7-17(8-4-15)22-12-2-11-19-22/h2-12,20H,13H2,1H3,(H,21,23). The molecule has 2 aromatic carbocycles. The molecule has 3 aromatic rings. The summed E-state index contributed by atoms with van der Waals surface area (Å²) in [4.78, 5) is 11.1. The number of carbonyl (C=O) groups is 1. The third-order valence-corrected chi connectivity index (χ3v) is 5.07. The highest BCUT2D eigenvalue weighted by atomic mass is 32.2. The third kappa shape index (κ3) is 4.35. The Hall–Kier alpha value is -2.97. The van der Waals surface area contributed by atoms with Crippen LogP contribution in [-0.2, 0) is 21.4 Å². The lowest BCUT2D eigenvalue weighted by atomic mass is 10.2. The summed E-state index contributed by atoms with van der Waals surface area (Å²) in [6, 6.07) is 15.3. The van der Waals surface area contributed by atoms with Gasteiger partial charge in [-0.3, -0.25) is 4.79 Å². The smallest absolute Gasteiger partial charge is 0.240 e. The van der Waals surface area contributed by atoms with Gasteiger partial charge in [-0.05, 0) is 48.0 Å². The lowest BCUT2D eigenvalue weighted by Crippen LogP contribution is -2.23. The number of anilines is 1. The van der Waals surface area contributed by atoms with E-state index in [2.05, 4.69) is 15.1 Å². The van der Waals surface area contributed by atoms with E-state index in [9.17, 15) is 13.2 Å². The van der Waals surface area contributed by atoms with Crippen LogP contribution in [0.4, 0.5) is 5.69 Å². The van der Waals surface area contributed by atoms with Gasteiger partial charge in [-0.2, -0.15) is 5.10 Å². The topological polar surface area (TPSA) is 93.1 Å². The van der Waals surface area contributed by atoms with E-state index < -0.39 is 10.0 Å². The van der Waals surface area contributed by atoms with Gasteiger partial charge in [0.15, 0.2) is 0 Å². The number of nitrogens with one attached hydrogen (secondary N) is 2. The lowest BCUT2D eigenvalue weighted by Gasteiger charge is -2.09. The summed E-state index contributed by atoms with van der Waals surface area (Å²) in [5.74, 6) is -0.211. The molecule has 1 aromatic heterocycles. The summed E-state index contributed by atoms with van der Waals surface area (Å²) < 4.78 is 29.1. The van der Waals surface area contributed by atoms with Gasteiger partial charge in [-0.15, -0.1) is 0 Å². The van der Waals surface area contributed by atoms with Crippen LogP contribution in [0.5, 0.6) is 0 Å². The quantitative estimate of drug-likeness (QED) is 0.696. The third-order valence-electron chi connectivity index (χ3n) is 3.66. The van der Waals surface area contributed by atoms with Crippen molar-refractivity contribution >= 4 is 21.6 Å². The number of rotatable bonds is 6. The molecule has 8 heteroatoms. The van der Waals surface area contributed by atoms with E-state index in [-0.39, 0.29) is 17.3 Å². The molecule has 3 rings (SSSR count). The van der Waals surface area contributed by atoms with Gasteiger partial charge in [0, 0.05) is 31.5 Å². The van der Waals surface area contributed by atoms with E-state index in [4.69, 9.17) is 0 Å². The summed E-state index contributed by atoms with van der Waals surface area (Å²) in [5.41, 5.74) is 2.28. The van der Waals surface area contributed by atoms with Gasteiger partial charge in [-0.25, -0.2) is 17.8 Å². The maximum Gasteiger partial charge on any atom is 0.240 e. The average Bonchev–Trinajstić information content (AvgIpc) is 3.15. The van der Waals surface area contributed by atoms with Crippen LogP contribution in [0, 0.1) is 0 Å². The van der Waals surface area contributed by atoms with Crippen molar-refractivity contribution in [1.82, 2.24) is 14.5 Å². The largest absolute Gasteiger partial charge is 0.326 e. The second-order valence-corrected chi connectivity index (χ2v) is 7.41. The molecule has 1 amide bonds. The Morgan fingerprint density at radius 3 is 2.35 bits per heavy atom. The van der Waals surface area contributed by atoms with Gasteiger partial charge in [0.25, 0.3) is 0 Å². The minimum absolute atomic E-state index is 0.139. The van der Waals surface area contributed by atoms with Gasteiger partial charge < -0.3 is 5.32 Å². The molecular formula is C18H18N4O3S. The predicted octanol–water partition coefficient (Wildman–Crippen LogP) is 2.31. The first-order chi connectivity index (χ1) is 12.4. The van der Waals surface area contributed by atoms with Gasteiger partial charge >= 0.3 is 0 Å². The van der Waals surface area contributed by atoms with Gasteiger partial charge in [0.2, 0.25) is 15.9 Å². The van der Waals surface area contributed by atoms with Crippen LogP contribution >= 0.6 is 0 Å². The van der Waals surface area contributed by atoms with Crippen LogP contribution in [0.25, 0.3) is 5.69 Å². The van der Waals surface area contributed by atoms with Crippen LogP contribution in [-0.4, -0.2) is 24.1 Å². The van der Waals surface area contributed by atoms with Crippen molar-refractivity contribution in [1.29, 1.82) is 0 Å². The van der Waals surface area contributed by atoms with E-state index >= 15 is 0 Å². The molecule has 2 N–H and O–H groups in total. The number of hydrogen-bond donors (Lipinski definition) is 2.